The van der Waals surface area contributed by atoms with Crippen molar-refractivity contribution in [3.8, 4) is 0 Å². The van der Waals surface area contributed by atoms with Crippen molar-refractivity contribution in [2.24, 2.45) is 28.6 Å². The van der Waals surface area contributed by atoms with Gasteiger partial charge in [0.1, 0.15) is 0 Å². The predicted octanol–water partition coefficient (Wildman–Crippen LogP) is 3.76. The first kappa shape index (κ1) is 14.7. The summed E-state index contributed by atoms with van der Waals surface area (Å²) in [5.41, 5.74) is 1.16. The van der Waals surface area contributed by atoms with E-state index in [0.29, 0.717) is 24.2 Å². The smallest absolute Gasteiger partial charge is 0.197 e. The lowest BCUT2D eigenvalue weighted by atomic mass is 9.47. The zero-order chi connectivity index (χ0) is 15.7. The number of carbonyl (C=O) groups excluding carboxylic acids is 1. The van der Waals surface area contributed by atoms with Gasteiger partial charge in [0.15, 0.2) is 11.5 Å². The van der Waals surface area contributed by atoms with Crippen molar-refractivity contribution in [3.63, 3.8) is 0 Å². The normalized spacial score (nSPS) is 51.3. The summed E-state index contributed by atoms with van der Waals surface area (Å²) < 4.78 is 0. The summed E-state index contributed by atoms with van der Waals surface area (Å²) in [4.78, 5) is 11.9. The van der Waals surface area contributed by atoms with Gasteiger partial charge in [0.05, 0.1) is 6.10 Å². The van der Waals surface area contributed by atoms with Crippen molar-refractivity contribution >= 4 is 5.78 Å². The van der Waals surface area contributed by atoms with Gasteiger partial charge in [-0.3, -0.25) is 4.79 Å². The molecular formula is C19H28O3. The highest BCUT2D eigenvalue weighted by Crippen LogP contribution is 2.65. The molecule has 122 valence electrons. The van der Waals surface area contributed by atoms with Gasteiger partial charge in [0, 0.05) is 6.42 Å². The van der Waals surface area contributed by atoms with Gasteiger partial charge in [0.25, 0.3) is 0 Å². The van der Waals surface area contributed by atoms with E-state index in [2.05, 4.69) is 13.8 Å². The Hall–Kier alpha value is -0.830. The highest BCUT2D eigenvalue weighted by molar-refractivity contribution is 5.95. The van der Waals surface area contributed by atoms with Crippen LogP contribution in [0.15, 0.2) is 11.3 Å². The van der Waals surface area contributed by atoms with Gasteiger partial charge in [-0.2, -0.15) is 0 Å². The minimum absolute atomic E-state index is 0.00970. The molecule has 4 unspecified atom stereocenters. The average Bonchev–Trinajstić information content (AvgIpc) is 2.79. The molecule has 0 aromatic rings. The fraction of sp³-hybridized carbons (Fsp3) is 0.842. The summed E-state index contributed by atoms with van der Waals surface area (Å²) in [6.07, 6.45) is 7.56. The van der Waals surface area contributed by atoms with Gasteiger partial charge >= 0.3 is 0 Å². The molecule has 0 spiro atoms. The number of allylic oxidation sites excluding steroid dienone is 1. The van der Waals surface area contributed by atoms with Crippen LogP contribution in [0.3, 0.4) is 0 Å². The summed E-state index contributed by atoms with van der Waals surface area (Å²) in [5, 5.41) is 20.8. The third kappa shape index (κ3) is 1.69. The quantitative estimate of drug-likeness (QED) is 0.716. The maximum Gasteiger partial charge on any atom is 0.197 e. The minimum Gasteiger partial charge on any atom is -0.504 e. The Labute approximate surface area is 132 Å². The van der Waals surface area contributed by atoms with Crippen LogP contribution in [0.5, 0.6) is 0 Å². The number of aliphatic hydroxyl groups excluding tert-OH is 2. The van der Waals surface area contributed by atoms with E-state index in [0.717, 1.165) is 50.5 Å². The summed E-state index contributed by atoms with van der Waals surface area (Å²) in [7, 11) is 0. The van der Waals surface area contributed by atoms with Crippen LogP contribution in [-0.4, -0.2) is 22.1 Å². The molecule has 3 fully saturated rings. The Balaban J connectivity index is 1.72. The van der Waals surface area contributed by atoms with Crippen LogP contribution < -0.4 is 0 Å². The Morgan fingerprint density at radius 3 is 2.55 bits per heavy atom. The van der Waals surface area contributed by atoms with Crippen molar-refractivity contribution in [1.82, 2.24) is 0 Å². The molecule has 0 saturated heterocycles. The molecular weight excluding hydrogens is 276 g/mol. The molecule has 0 aromatic carbocycles. The lowest BCUT2D eigenvalue weighted by molar-refractivity contribution is -0.122. The predicted molar refractivity (Wildman–Crippen MR) is 84.3 cm³/mol. The molecule has 6 atom stereocenters. The molecule has 0 bridgehead atoms. The van der Waals surface area contributed by atoms with Gasteiger partial charge in [-0.25, -0.2) is 0 Å². The minimum atomic E-state index is -0.135. The first-order valence-corrected chi connectivity index (χ1v) is 9.02. The van der Waals surface area contributed by atoms with E-state index in [1.54, 1.807) is 0 Å². The average molecular weight is 304 g/mol. The van der Waals surface area contributed by atoms with Crippen molar-refractivity contribution < 1.29 is 15.0 Å². The van der Waals surface area contributed by atoms with Crippen LogP contribution in [0.2, 0.25) is 0 Å². The standard InChI is InChI=1S/C19H28O3/c1-18-10-8-15(20)17(22)14(18)4-3-11-12-5-6-16(21)19(12,2)9-7-13(11)18/h11-13,16,21-22H,3-10H2,1-2H3/t11?,12-,13-,16?,18?,19?/m0/s1. The second kappa shape index (κ2) is 4.59. The van der Waals surface area contributed by atoms with Crippen molar-refractivity contribution in [2.45, 2.75) is 71.3 Å². The summed E-state index contributed by atoms with van der Waals surface area (Å²) in [6, 6.07) is 0. The van der Waals surface area contributed by atoms with Crippen LogP contribution in [0.25, 0.3) is 0 Å². The van der Waals surface area contributed by atoms with E-state index in [4.69, 9.17) is 0 Å². The van der Waals surface area contributed by atoms with Gasteiger partial charge in [-0.05, 0) is 79.1 Å². The number of rotatable bonds is 0. The Morgan fingerprint density at radius 2 is 1.77 bits per heavy atom. The van der Waals surface area contributed by atoms with Gasteiger partial charge in [-0.15, -0.1) is 0 Å². The third-order valence-corrected chi connectivity index (χ3v) is 8.04. The Bertz CT molecular complexity index is 551. The van der Waals surface area contributed by atoms with E-state index in [9.17, 15) is 15.0 Å². The fourth-order valence-corrected chi connectivity index (χ4v) is 6.66. The maximum atomic E-state index is 11.9. The monoisotopic (exact) mass is 304 g/mol. The second-order valence-electron chi connectivity index (χ2n) is 8.72. The molecule has 0 radical (unpaired) electrons. The van der Waals surface area contributed by atoms with Crippen LogP contribution >= 0.6 is 0 Å². The molecule has 3 saturated carbocycles. The van der Waals surface area contributed by atoms with Crippen molar-refractivity contribution in [2.75, 3.05) is 0 Å². The molecule has 3 nitrogen and oxygen atoms in total. The van der Waals surface area contributed by atoms with E-state index in [1.165, 1.54) is 0 Å². The Morgan fingerprint density at radius 1 is 1.00 bits per heavy atom. The highest BCUT2D eigenvalue weighted by Gasteiger charge is 2.59. The van der Waals surface area contributed by atoms with Gasteiger partial charge < -0.3 is 10.2 Å². The third-order valence-electron chi connectivity index (χ3n) is 8.04. The molecule has 3 heteroatoms. The number of fused-ring (bicyclic) bond motifs is 5. The fourth-order valence-electron chi connectivity index (χ4n) is 6.66. The molecule has 0 aliphatic heterocycles. The van der Waals surface area contributed by atoms with Crippen molar-refractivity contribution in [3.05, 3.63) is 11.3 Å². The summed E-state index contributed by atoms with van der Waals surface area (Å²) in [6.45, 7) is 4.58. The number of hydrogen-bond acceptors (Lipinski definition) is 3. The van der Waals surface area contributed by atoms with Crippen LogP contribution in [0.1, 0.15) is 65.2 Å². The Kier molecular flexibility index (Phi) is 3.08. The first-order chi connectivity index (χ1) is 10.4. The van der Waals surface area contributed by atoms with Crippen LogP contribution in [0, 0.1) is 28.6 Å². The van der Waals surface area contributed by atoms with Gasteiger partial charge in [0.2, 0.25) is 0 Å². The molecule has 2 N–H and O–H groups in total. The lowest BCUT2D eigenvalue weighted by Gasteiger charge is -2.57. The summed E-state index contributed by atoms with van der Waals surface area (Å²) in [5.74, 6) is 1.90. The molecule has 4 rings (SSSR count). The van der Waals surface area contributed by atoms with E-state index in [1.807, 2.05) is 0 Å². The first-order valence-electron chi connectivity index (χ1n) is 9.02. The molecule has 0 heterocycles. The number of aliphatic hydroxyl groups is 2. The summed E-state index contributed by atoms with van der Waals surface area (Å²) >= 11 is 0. The van der Waals surface area contributed by atoms with Crippen LogP contribution in [-0.2, 0) is 4.79 Å². The maximum absolute atomic E-state index is 11.9. The zero-order valence-corrected chi connectivity index (χ0v) is 13.8. The van der Waals surface area contributed by atoms with E-state index in [-0.39, 0.29) is 28.5 Å². The SMILES string of the molecule is CC12CCC(=O)C(O)=C1CCC1[C@@H]2CCC2(C)C(O)CC[C@@H]12. The number of carbonyl (C=O) groups is 1. The largest absolute Gasteiger partial charge is 0.504 e. The molecule has 0 amide bonds. The zero-order valence-electron chi connectivity index (χ0n) is 13.8. The van der Waals surface area contributed by atoms with Crippen molar-refractivity contribution in [1.29, 1.82) is 0 Å². The second-order valence-corrected chi connectivity index (χ2v) is 8.72. The molecule has 22 heavy (non-hydrogen) atoms. The van der Waals surface area contributed by atoms with E-state index >= 15 is 0 Å². The molecule has 0 aromatic heterocycles. The number of Topliss-reactive ketones (excluding diaryl/α,β-unsaturated/α-hetero) is 1. The topological polar surface area (TPSA) is 57.5 Å². The van der Waals surface area contributed by atoms with Gasteiger partial charge in [-0.1, -0.05) is 13.8 Å². The number of ketones is 1. The molecule has 4 aliphatic carbocycles. The van der Waals surface area contributed by atoms with Crippen LogP contribution in [0.4, 0.5) is 0 Å². The lowest BCUT2D eigenvalue weighted by Crippen LogP contribution is -2.51. The number of hydrogen-bond donors (Lipinski definition) is 2. The van der Waals surface area contributed by atoms with E-state index < -0.39 is 0 Å². The molecule has 4 aliphatic rings. The highest BCUT2D eigenvalue weighted by atomic mass is 16.3.